The van der Waals surface area contributed by atoms with Crippen LogP contribution in [0.1, 0.15) is 23.1 Å². The molecule has 0 aliphatic heterocycles. The monoisotopic (exact) mass is 364 g/mol. The van der Waals surface area contributed by atoms with Crippen molar-refractivity contribution in [3.8, 4) is 0 Å². The Balaban J connectivity index is 1.83. The Hall–Kier alpha value is -1.93. The molecule has 0 spiro atoms. The Kier molecular flexibility index (Phi) is 6.33. The van der Waals surface area contributed by atoms with Crippen molar-refractivity contribution >= 4 is 40.6 Å². The van der Waals surface area contributed by atoms with Crippen LogP contribution in [-0.2, 0) is 9.59 Å². The van der Waals surface area contributed by atoms with Gasteiger partial charge in [-0.15, -0.1) is 10.2 Å². The highest BCUT2D eigenvalue weighted by atomic mass is 32.2. The quantitative estimate of drug-likeness (QED) is 0.770. The first-order valence-corrected chi connectivity index (χ1v) is 9.17. The average Bonchev–Trinajstić information content (AvgIpc) is 2.93. The van der Waals surface area contributed by atoms with Gasteiger partial charge < -0.3 is 10.6 Å². The van der Waals surface area contributed by atoms with Crippen molar-refractivity contribution in [2.24, 2.45) is 0 Å². The van der Waals surface area contributed by atoms with Crippen LogP contribution in [0.5, 0.6) is 0 Å². The number of nitrogens with one attached hydrogen (secondary N) is 2. The zero-order valence-electron chi connectivity index (χ0n) is 14.0. The summed E-state index contributed by atoms with van der Waals surface area (Å²) in [5, 5.41) is 13.9. The number of carbonyl (C=O) groups is 2. The topological polar surface area (TPSA) is 84.0 Å². The smallest absolute Gasteiger partial charge is 0.243 e. The first kappa shape index (κ1) is 18.4. The minimum absolute atomic E-state index is 0.0628. The molecule has 128 valence electrons. The molecule has 1 unspecified atom stereocenters. The Morgan fingerprint density at radius 1 is 1.21 bits per heavy atom. The lowest BCUT2D eigenvalue weighted by atomic mass is 10.1. The van der Waals surface area contributed by atoms with E-state index in [1.54, 1.807) is 6.92 Å². The van der Waals surface area contributed by atoms with Crippen LogP contribution in [-0.4, -0.2) is 33.8 Å². The Morgan fingerprint density at radius 2 is 1.88 bits per heavy atom. The molecule has 0 radical (unpaired) electrons. The summed E-state index contributed by atoms with van der Waals surface area (Å²) in [5.41, 5.74) is 2.78. The van der Waals surface area contributed by atoms with Crippen molar-refractivity contribution in [1.29, 1.82) is 0 Å². The molecule has 0 aliphatic carbocycles. The number of aromatic nitrogens is 2. The second-order valence-electron chi connectivity index (χ2n) is 5.38. The molecule has 2 rings (SSSR count). The summed E-state index contributed by atoms with van der Waals surface area (Å²) in [7, 11) is 0. The number of hydrogen-bond donors (Lipinski definition) is 2. The molecule has 0 fully saturated rings. The number of para-hydroxylation sites is 1. The van der Waals surface area contributed by atoms with Crippen LogP contribution in [0.4, 0.5) is 5.69 Å². The SMILES string of the molecule is Cc1nnc(SC(C)C(=O)NCC(=O)Nc2c(C)cccc2C)s1. The minimum Gasteiger partial charge on any atom is -0.346 e. The van der Waals surface area contributed by atoms with Gasteiger partial charge in [-0.25, -0.2) is 0 Å². The third-order valence-corrected chi connectivity index (χ3v) is 5.35. The fraction of sp³-hybridized carbons (Fsp3) is 0.375. The molecule has 2 amide bonds. The number of benzene rings is 1. The van der Waals surface area contributed by atoms with E-state index < -0.39 is 0 Å². The lowest BCUT2D eigenvalue weighted by Crippen LogP contribution is -2.37. The summed E-state index contributed by atoms with van der Waals surface area (Å²) in [6.45, 7) is 7.45. The lowest BCUT2D eigenvalue weighted by Gasteiger charge is -2.13. The summed E-state index contributed by atoms with van der Waals surface area (Å²) >= 11 is 2.78. The van der Waals surface area contributed by atoms with E-state index in [4.69, 9.17) is 0 Å². The number of rotatable bonds is 6. The maximum atomic E-state index is 12.1. The van der Waals surface area contributed by atoms with Gasteiger partial charge >= 0.3 is 0 Å². The zero-order valence-corrected chi connectivity index (χ0v) is 15.7. The molecule has 2 N–H and O–H groups in total. The van der Waals surface area contributed by atoms with Gasteiger partial charge in [0.2, 0.25) is 11.8 Å². The van der Waals surface area contributed by atoms with E-state index in [-0.39, 0.29) is 23.6 Å². The standard InChI is InChI=1S/C16H20N4O2S2/c1-9-6-5-7-10(2)14(9)18-13(21)8-17-15(22)11(3)23-16-20-19-12(4)24-16/h5-7,11H,8H2,1-4H3,(H,17,22)(H,18,21). The number of nitrogens with zero attached hydrogens (tertiary/aromatic N) is 2. The zero-order chi connectivity index (χ0) is 17.7. The first-order valence-electron chi connectivity index (χ1n) is 7.47. The molecular formula is C16H20N4O2S2. The molecule has 24 heavy (non-hydrogen) atoms. The second-order valence-corrected chi connectivity index (χ2v) is 8.15. The van der Waals surface area contributed by atoms with Crippen molar-refractivity contribution in [1.82, 2.24) is 15.5 Å². The largest absolute Gasteiger partial charge is 0.346 e. The summed E-state index contributed by atoms with van der Waals surface area (Å²) in [6.07, 6.45) is 0. The predicted octanol–water partition coefficient (Wildman–Crippen LogP) is 2.70. The van der Waals surface area contributed by atoms with E-state index in [2.05, 4.69) is 20.8 Å². The van der Waals surface area contributed by atoms with Crippen molar-refractivity contribution in [2.75, 3.05) is 11.9 Å². The van der Waals surface area contributed by atoms with Crippen LogP contribution in [0.2, 0.25) is 0 Å². The van der Waals surface area contributed by atoms with Gasteiger partial charge in [0.1, 0.15) is 5.01 Å². The minimum atomic E-state index is -0.342. The van der Waals surface area contributed by atoms with Gasteiger partial charge in [0.05, 0.1) is 11.8 Å². The molecule has 1 heterocycles. The van der Waals surface area contributed by atoms with Crippen LogP contribution in [0.25, 0.3) is 0 Å². The third kappa shape index (κ3) is 5.04. The molecule has 8 heteroatoms. The van der Waals surface area contributed by atoms with E-state index >= 15 is 0 Å². The molecule has 6 nitrogen and oxygen atoms in total. The molecule has 2 aromatic rings. The summed E-state index contributed by atoms with van der Waals surface area (Å²) in [5.74, 6) is -0.450. The molecule has 1 aromatic heterocycles. The predicted molar refractivity (Wildman–Crippen MR) is 97.5 cm³/mol. The Bertz CT molecular complexity index is 725. The van der Waals surface area contributed by atoms with Gasteiger partial charge in [-0.1, -0.05) is 41.3 Å². The van der Waals surface area contributed by atoms with E-state index in [0.717, 1.165) is 26.2 Å². The lowest BCUT2D eigenvalue weighted by molar-refractivity contribution is -0.123. The highest BCUT2D eigenvalue weighted by Gasteiger charge is 2.17. The van der Waals surface area contributed by atoms with Crippen LogP contribution < -0.4 is 10.6 Å². The highest BCUT2D eigenvalue weighted by Crippen LogP contribution is 2.26. The van der Waals surface area contributed by atoms with Crippen molar-refractivity contribution < 1.29 is 9.59 Å². The average molecular weight is 364 g/mol. The van der Waals surface area contributed by atoms with Gasteiger partial charge in [-0.3, -0.25) is 9.59 Å². The number of carbonyl (C=O) groups excluding carboxylic acids is 2. The number of thioether (sulfide) groups is 1. The molecule has 1 aromatic carbocycles. The Labute approximate surface area is 149 Å². The van der Waals surface area contributed by atoms with Gasteiger partial charge in [0.25, 0.3) is 0 Å². The highest BCUT2D eigenvalue weighted by molar-refractivity contribution is 8.02. The van der Waals surface area contributed by atoms with Crippen LogP contribution in [0.3, 0.4) is 0 Å². The molecule has 0 saturated carbocycles. The third-order valence-electron chi connectivity index (χ3n) is 3.32. The summed E-state index contributed by atoms with van der Waals surface area (Å²) in [6, 6.07) is 5.81. The van der Waals surface area contributed by atoms with E-state index in [9.17, 15) is 9.59 Å². The van der Waals surface area contributed by atoms with Crippen molar-refractivity contribution in [2.45, 2.75) is 37.3 Å². The number of hydrogen-bond acceptors (Lipinski definition) is 6. The fourth-order valence-electron chi connectivity index (χ4n) is 2.04. The summed E-state index contributed by atoms with van der Waals surface area (Å²) in [4.78, 5) is 24.1. The van der Waals surface area contributed by atoms with Crippen molar-refractivity contribution in [3.05, 3.63) is 34.3 Å². The molecule has 0 saturated heterocycles. The van der Waals surface area contributed by atoms with Gasteiger partial charge in [0.15, 0.2) is 4.34 Å². The number of amides is 2. The number of aryl methyl sites for hydroxylation is 3. The Morgan fingerprint density at radius 3 is 2.46 bits per heavy atom. The maximum Gasteiger partial charge on any atom is 0.243 e. The van der Waals surface area contributed by atoms with Crippen LogP contribution >= 0.6 is 23.1 Å². The first-order chi connectivity index (χ1) is 11.4. The van der Waals surface area contributed by atoms with Crippen LogP contribution in [0, 0.1) is 20.8 Å². The van der Waals surface area contributed by atoms with Crippen molar-refractivity contribution in [3.63, 3.8) is 0 Å². The van der Waals surface area contributed by atoms with Crippen LogP contribution in [0.15, 0.2) is 22.5 Å². The molecular weight excluding hydrogens is 344 g/mol. The molecule has 1 atom stereocenters. The van der Waals surface area contributed by atoms with Gasteiger partial charge in [-0.2, -0.15) is 0 Å². The van der Waals surface area contributed by atoms with Gasteiger partial charge in [-0.05, 0) is 38.8 Å². The molecule has 0 bridgehead atoms. The summed E-state index contributed by atoms with van der Waals surface area (Å²) < 4.78 is 0.745. The van der Waals surface area contributed by atoms with E-state index in [1.807, 2.05) is 39.0 Å². The number of anilines is 1. The normalized spacial score (nSPS) is 11.8. The maximum absolute atomic E-state index is 12.1. The van der Waals surface area contributed by atoms with E-state index in [0.29, 0.717) is 0 Å². The van der Waals surface area contributed by atoms with E-state index in [1.165, 1.54) is 23.1 Å². The van der Waals surface area contributed by atoms with Gasteiger partial charge in [0, 0.05) is 5.69 Å². The second kappa shape index (κ2) is 8.25. The molecule has 0 aliphatic rings. The fourth-order valence-corrected chi connectivity index (χ4v) is 4.02.